The fourth-order valence-electron chi connectivity index (χ4n) is 10.3. The van der Waals surface area contributed by atoms with Gasteiger partial charge < -0.3 is 126 Å². The van der Waals surface area contributed by atoms with Gasteiger partial charge >= 0.3 is 23.9 Å². The molecule has 4 rings (SSSR count). The number of nitrogens with two attached hydrogens (primary N) is 2. The quantitative estimate of drug-likeness (QED) is 0.0109. The molecule has 0 heterocycles. The van der Waals surface area contributed by atoms with Crippen molar-refractivity contribution in [2.75, 3.05) is 199 Å². The lowest BCUT2D eigenvalue weighted by Crippen LogP contribution is -2.49. The van der Waals surface area contributed by atoms with Crippen LogP contribution in [0.25, 0.3) is 10.4 Å². The Balaban J connectivity index is 1.12. The number of ether oxygens (including phenoxy) is 12. The topological polar surface area (TPSA) is 614 Å². The van der Waals surface area contributed by atoms with E-state index >= 15 is 0 Å². The number of hydrogen-bond donors (Lipinski definition) is 13. The van der Waals surface area contributed by atoms with Crippen LogP contribution in [0.5, 0.6) is 0 Å². The van der Waals surface area contributed by atoms with Gasteiger partial charge in [0.25, 0.3) is 0 Å². The number of hydrogen-bond acceptors (Lipinski definition) is 30. The number of carboxylic acid groups (broad SMARTS) is 4. The molecule has 0 aromatic heterocycles. The van der Waals surface area contributed by atoms with Crippen molar-refractivity contribution in [3.8, 4) is 0 Å². The molecule has 7 amide bonds. The van der Waals surface area contributed by atoms with Gasteiger partial charge in [-0.05, 0) is 148 Å². The van der Waals surface area contributed by atoms with Crippen LogP contribution in [0.15, 0.2) is 123 Å². The summed E-state index contributed by atoms with van der Waals surface area (Å²) in [6.45, 7) is 7.88. The van der Waals surface area contributed by atoms with E-state index < -0.39 is 96.5 Å². The van der Waals surface area contributed by atoms with Gasteiger partial charge in [0.2, 0.25) is 41.4 Å². The van der Waals surface area contributed by atoms with E-state index in [1.54, 1.807) is 97.1 Å². The first-order valence-electron chi connectivity index (χ1n) is 39.2. The number of amides is 7. The Morgan fingerprint density at radius 3 is 0.901 bits per heavy atom. The van der Waals surface area contributed by atoms with Crippen molar-refractivity contribution >= 4 is 111 Å². The van der Waals surface area contributed by atoms with Crippen molar-refractivity contribution in [1.82, 2.24) is 16.0 Å². The predicted molar refractivity (Wildman–Crippen MR) is 435 cm³/mol. The Bertz CT molecular complexity index is 3810. The maximum atomic E-state index is 13.6. The summed E-state index contributed by atoms with van der Waals surface area (Å²) in [4.78, 5) is 139. The number of carboxylic acids is 4. The molecule has 0 aliphatic carbocycles. The molecule has 43 heteroatoms. The van der Waals surface area contributed by atoms with E-state index in [0.29, 0.717) is 184 Å². The molecule has 0 radical (unpaired) electrons. The number of azo groups is 2. The molecule has 0 unspecified atom stereocenters. The summed E-state index contributed by atoms with van der Waals surface area (Å²) < 4.78 is 65.8. The molecule has 0 aliphatic heterocycles. The fraction of sp³-hybridized carbons (Fsp3) is 0.551. The maximum absolute atomic E-state index is 13.6. The number of carbonyl (C=O) groups excluding carboxylic acids is 7. The van der Waals surface area contributed by atoms with Crippen LogP contribution in [0.1, 0.15) is 70.6 Å². The zero-order valence-electron chi connectivity index (χ0n) is 67.5. The molecule has 0 fully saturated rings. The van der Waals surface area contributed by atoms with Gasteiger partial charge in [-0.2, -0.15) is 20.5 Å². The molecule has 4 aromatic carbocycles. The molecule has 0 spiro atoms. The highest BCUT2D eigenvalue weighted by atomic mass is 16.6. The lowest BCUT2D eigenvalue weighted by molar-refractivity contribution is -0.145. The molecular weight excluding hydrogens is 1590 g/mol. The summed E-state index contributed by atoms with van der Waals surface area (Å²) in [5.74, 6) is -11.1. The second-order valence-electron chi connectivity index (χ2n) is 26.2. The van der Waals surface area contributed by atoms with E-state index in [9.17, 15) is 63.0 Å². The number of anilines is 4. The van der Waals surface area contributed by atoms with Crippen LogP contribution in [0.4, 0.5) is 45.5 Å². The third-order valence-electron chi connectivity index (χ3n) is 16.6. The van der Waals surface area contributed by atoms with Crippen molar-refractivity contribution < 1.29 is 130 Å². The van der Waals surface area contributed by atoms with E-state index in [1.807, 2.05) is 0 Å². The fourth-order valence-corrected chi connectivity index (χ4v) is 10.3. The first kappa shape index (κ1) is 102. The molecule has 0 saturated heterocycles. The molecule has 121 heavy (non-hydrogen) atoms. The summed E-state index contributed by atoms with van der Waals surface area (Å²) in [5, 5.41) is 75.4. The summed E-state index contributed by atoms with van der Waals surface area (Å²) in [6, 6.07) is 21.3. The molecule has 5 atom stereocenters. The largest absolute Gasteiger partial charge is 0.481 e. The Morgan fingerprint density at radius 1 is 0.331 bits per heavy atom. The van der Waals surface area contributed by atoms with Crippen LogP contribution in [0, 0.1) is 11.8 Å². The first-order chi connectivity index (χ1) is 58.6. The molecule has 0 aliphatic rings. The Morgan fingerprint density at radius 2 is 0.612 bits per heavy atom. The number of azide groups is 1. The van der Waals surface area contributed by atoms with Crippen molar-refractivity contribution in [2.45, 2.75) is 88.8 Å². The lowest BCUT2D eigenvalue weighted by atomic mass is 9.94. The molecule has 0 bridgehead atoms. The van der Waals surface area contributed by atoms with E-state index in [0.717, 1.165) is 0 Å². The smallest absolute Gasteiger partial charge is 0.320 e. The van der Waals surface area contributed by atoms with Crippen molar-refractivity contribution in [3.63, 3.8) is 0 Å². The van der Waals surface area contributed by atoms with Crippen molar-refractivity contribution in [2.24, 2.45) is 48.9 Å². The van der Waals surface area contributed by atoms with Gasteiger partial charge in [-0.3, -0.25) is 52.7 Å². The Hall–Kier alpha value is -11.0. The maximum Gasteiger partial charge on any atom is 0.320 e. The van der Waals surface area contributed by atoms with Gasteiger partial charge in [0.15, 0.2) is 0 Å². The molecule has 4 aromatic rings. The van der Waals surface area contributed by atoms with Crippen LogP contribution in [0.2, 0.25) is 0 Å². The van der Waals surface area contributed by atoms with Crippen LogP contribution in [0.3, 0.4) is 0 Å². The molecule has 666 valence electrons. The minimum Gasteiger partial charge on any atom is -0.481 e. The van der Waals surface area contributed by atoms with E-state index in [4.69, 9.17) is 84.1 Å². The van der Waals surface area contributed by atoms with Gasteiger partial charge in [-0.25, -0.2) is 0 Å². The van der Waals surface area contributed by atoms with Crippen LogP contribution in [-0.4, -0.2) is 282 Å². The van der Waals surface area contributed by atoms with Crippen molar-refractivity contribution in [3.05, 3.63) is 108 Å². The Labute approximate surface area is 698 Å². The predicted octanol–water partition coefficient (Wildman–Crippen LogP) is 5.71. The monoisotopic (exact) mass is 1700 g/mol. The summed E-state index contributed by atoms with van der Waals surface area (Å²) in [5.41, 5.74) is 22.5. The highest BCUT2D eigenvalue weighted by Crippen LogP contribution is 2.25. The van der Waals surface area contributed by atoms with Crippen molar-refractivity contribution in [1.29, 1.82) is 0 Å². The summed E-state index contributed by atoms with van der Waals surface area (Å²) >= 11 is 0. The van der Waals surface area contributed by atoms with Gasteiger partial charge in [-0.15, -0.1) is 0 Å². The van der Waals surface area contributed by atoms with Crippen LogP contribution >= 0.6 is 0 Å². The number of nitrogens with one attached hydrogen (secondary N) is 7. The van der Waals surface area contributed by atoms with E-state index in [2.05, 4.69) is 67.7 Å². The van der Waals surface area contributed by atoms with Gasteiger partial charge in [0.1, 0.15) is 18.1 Å². The second-order valence-corrected chi connectivity index (χ2v) is 26.2. The van der Waals surface area contributed by atoms with Gasteiger partial charge in [-0.1, -0.05) is 5.11 Å². The SMILES string of the molecule is [N-]=[N+]=NCCOCCOCCOCCOCCOCCOCCOCCOCCOCCOCCOCCOCCC(=O)N[C@H](CCC(=O)NCC(=O)Nc1ccc(/N=N/c2ccc(NC(=O)CCC[C@@H](C[C@H](N)C(=O)O)C(=O)O)cc2)cc1)C(=O)NCC(=O)Nc1ccc(/N=N/c2ccc(NC(=O)CCC[C@@H](C[C@H](N)C(=O)O)C(=O)O)cc2)cc1. The number of aliphatic carboxylic acids is 4. The normalized spacial score (nSPS) is 12.5. The zero-order valence-corrected chi connectivity index (χ0v) is 67.5. The minimum atomic E-state index is -1.34. The van der Waals surface area contributed by atoms with E-state index in [1.165, 1.54) is 0 Å². The standard InChI is InChI=1S/C78H112N16O27/c79-65(77(106)107)51-55(75(102)103)3-1-5-69(96)85-57-7-15-61(16-8-57)90-92-63-19-11-59(12-20-63)87-72(99)53-82-68(95)24-23-67(74(101)83-54-73(100)88-60-13-21-64(22-14-60)93-91-62-17-9-58(10-18-62)86-70(97)6-2-4-56(76(104)105)52-66(80)78(108)109)89-71(98)25-27-110-29-31-112-33-35-114-37-39-116-41-43-118-45-47-120-49-50-121-48-46-119-44-42-117-40-38-115-36-34-113-32-30-111-28-26-84-94-81/h7-22,55-56,65-67H,1-6,23-54,79-80H2,(H,82,95)(H,83,101)(H,85,96)(H,86,97)(H,87,99)(H,88,100)(H,89,98)(H,102,103)(H,104,105)(H,106,107)(H,108,109)/b92-90+,93-91+/t55-,56-,65-,66-,67+/m0/s1. The average Bonchev–Trinajstić information content (AvgIpc) is 0.886. The van der Waals surface area contributed by atoms with Gasteiger partial charge in [0.05, 0.1) is 206 Å². The second kappa shape index (κ2) is 64.9. The van der Waals surface area contributed by atoms with E-state index in [-0.39, 0.29) is 109 Å². The summed E-state index contributed by atoms with van der Waals surface area (Å²) in [7, 11) is 0. The highest BCUT2D eigenvalue weighted by molar-refractivity contribution is 5.97. The van der Waals surface area contributed by atoms with Crippen LogP contribution in [-0.2, 0) is 110 Å². The first-order valence-corrected chi connectivity index (χ1v) is 39.2. The molecule has 15 N–H and O–H groups in total. The van der Waals surface area contributed by atoms with Crippen LogP contribution < -0.4 is 48.7 Å². The minimum absolute atomic E-state index is 0.00745. The Kier molecular flexibility index (Phi) is 54.9. The third-order valence-corrected chi connectivity index (χ3v) is 16.6. The molecule has 0 saturated carbocycles. The molecule has 43 nitrogen and oxygen atoms in total. The lowest BCUT2D eigenvalue weighted by Gasteiger charge is -2.18. The average molecular weight is 1710 g/mol. The summed E-state index contributed by atoms with van der Waals surface area (Å²) in [6.07, 6.45) is -0.798. The number of nitrogens with zero attached hydrogens (tertiary/aromatic N) is 7. The molecular formula is C78H112N16O27. The number of rotatable bonds is 72. The highest BCUT2D eigenvalue weighted by Gasteiger charge is 2.27. The zero-order chi connectivity index (χ0) is 87.7. The number of benzene rings is 4. The van der Waals surface area contributed by atoms with Gasteiger partial charge in [0, 0.05) is 59.9 Å². The number of carbonyl (C=O) groups is 11. The third kappa shape index (κ3) is 51.9.